The molecule has 0 aliphatic heterocycles. The molecule has 2 atom stereocenters. The van der Waals surface area contributed by atoms with Crippen LogP contribution >= 0.6 is 0 Å². The number of benzene rings is 1. The Kier molecular flexibility index (Phi) is 4.28. The van der Waals surface area contributed by atoms with Crippen LogP contribution in [0.15, 0.2) is 18.2 Å². The van der Waals surface area contributed by atoms with Gasteiger partial charge in [0.1, 0.15) is 5.75 Å². The minimum absolute atomic E-state index is 0.402. The number of aromatic hydroxyl groups is 1. The summed E-state index contributed by atoms with van der Waals surface area (Å²) >= 11 is 0. The first-order chi connectivity index (χ1) is 8.65. The molecule has 1 N–H and O–H groups in total. The lowest BCUT2D eigenvalue weighted by atomic mass is 10.0. The average Bonchev–Trinajstić information content (AvgIpc) is 2.78. The van der Waals surface area contributed by atoms with Gasteiger partial charge in [0.2, 0.25) is 0 Å². The molecule has 18 heavy (non-hydrogen) atoms. The molecule has 1 aliphatic carbocycles. The van der Waals surface area contributed by atoms with E-state index < -0.39 is 0 Å². The Hall–Kier alpha value is -1.02. The van der Waals surface area contributed by atoms with Crippen LogP contribution in [0.5, 0.6) is 5.75 Å². The predicted octanol–water partition coefficient (Wildman–Crippen LogP) is 3.75. The lowest BCUT2D eigenvalue weighted by Crippen LogP contribution is -2.31. The van der Waals surface area contributed by atoms with Gasteiger partial charge in [-0.2, -0.15) is 0 Å². The van der Waals surface area contributed by atoms with Crippen molar-refractivity contribution >= 4 is 0 Å². The van der Waals surface area contributed by atoms with Crippen molar-refractivity contribution in [1.29, 1.82) is 0 Å². The van der Waals surface area contributed by atoms with Gasteiger partial charge in [0.25, 0.3) is 0 Å². The molecule has 1 aromatic carbocycles. The van der Waals surface area contributed by atoms with Crippen LogP contribution in [0.1, 0.15) is 50.8 Å². The summed E-state index contributed by atoms with van der Waals surface area (Å²) in [4.78, 5) is 2.59. The van der Waals surface area contributed by atoms with Gasteiger partial charge in [-0.15, -0.1) is 0 Å². The van der Waals surface area contributed by atoms with Gasteiger partial charge in [0, 0.05) is 12.6 Å². The second-order valence-corrected chi connectivity index (χ2v) is 5.54. The highest BCUT2D eigenvalue weighted by Crippen LogP contribution is 2.37. The highest BCUT2D eigenvalue weighted by molar-refractivity contribution is 5.40. The molecule has 0 radical (unpaired) electrons. The zero-order valence-corrected chi connectivity index (χ0v) is 11.8. The van der Waals surface area contributed by atoms with Crippen molar-refractivity contribution in [2.75, 3.05) is 13.1 Å². The Morgan fingerprint density at radius 2 is 2.17 bits per heavy atom. The van der Waals surface area contributed by atoms with Gasteiger partial charge in [-0.1, -0.05) is 33.3 Å². The van der Waals surface area contributed by atoms with Gasteiger partial charge in [-0.05, 0) is 48.6 Å². The summed E-state index contributed by atoms with van der Waals surface area (Å²) in [6, 6.07) is 6.43. The molecule has 0 saturated carbocycles. The molecule has 0 saturated heterocycles. The molecule has 0 aromatic heterocycles. The van der Waals surface area contributed by atoms with Crippen LogP contribution < -0.4 is 0 Å². The van der Waals surface area contributed by atoms with Gasteiger partial charge >= 0.3 is 0 Å². The second-order valence-electron chi connectivity index (χ2n) is 5.54. The quantitative estimate of drug-likeness (QED) is 0.856. The summed E-state index contributed by atoms with van der Waals surface area (Å²) in [5.41, 5.74) is 2.76. The van der Waals surface area contributed by atoms with Crippen molar-refractivity contribution in [3.63, 3.8) is 0 Å². The third-order valence-corrected chi connectivity index (χ3v) is 4.26. The van der Waals surface area contributed by atoms with Crippen LogP contribution in [0.3, 0.4) is 0 Å². The maximum Gasteiger partial charge on any atom is 0.115 e. The smallest absolute Gasteiger partial charge is 0.115 e. The van der Waals surface area contributed by atoms with E-state index in [1.54, 1.807) is 0 Å². The number of rotatable bonds is 5. The van der Waals surface area contributed by atoms with E-state index in [9.17, 15) is 5.11 Å². The molecular formula is C16H25NO. The number of nitrogens with zero attached hydrogens (tertiary/aromatic N) is 1. The fourth-order valence-electron chi connectivity index (χ4n) is 2.97. The van der Waals surface area contributed by atoms with E-state index in [1.807, 2.05) is 12.1 Å². The summed E-state index contributed by atoms with van der Waals surface area (Å²) in [7, 11) is 0. The number of fused-ring (bicyclic) bond motifs is 1. The van der Waals surface area contributed by atoms with E-state index in [-0.39, 0.29) is 0 Å². The first kappa shape index (κ1) is 13.4. The molecule has 2 nitrogen and oxygen atoms in total. The van der Waals surface area contributed by atoms with E-state index in [1.165, 1.54) is 30.5 Å². The van der Waals surface area contributed by atoms with E-state index in [4.69, 9.17) is 0 Å². The molecule has 2 rings (SSSR count). The minimum Gasteiger partial charge on any atom is -0.508 e. The first-order valence-corrected chi connectivity index (χ1v) is 7.21. The Morgan fingerprint density at radius 3 is 2.83 bits per heavy atom. The van der Waals surface area contributed by atoms with Crippen LogP contribution in [0, 0.1) is 5.92 Å². The Morgan fingerprint density at radius 1 is 1.39 bits per heavy atom. The maximum absolute atomic E-state index is 9.55. The fourth-order valence-corrected chi connectivity index (χ4v) is 2.97. The summed E-state index contributed by atoms with van der Waals surface area (Å²) in [5, 5.41) is 9.55. The molecule has 2 heteroatoms. The van der Waals surface area contributed by atoms with Crippen LogP contribution in [-0.4, -0.2) is 23.1 Å². The van der Waals surface area contributed by atoms with Gasteiger partial charge in [-0.3, -0.25) is 4.90 Å². The number of phenols is 1. The van der Waals surface area contributed by atoms with E-state index in [0.29, 0.717) is 11.8 Å². The average molecular weight is 247 g/mol. The largest absolute Gasteiger partial charge is 0.508 e. The number of hydrogen-bond acceptors (Lipinski definition) is 2. The SMILES string of the molecule is CCC(C)CN(CC)C1CCc2cc(O)ccc21. The van der Waals surface area contributed by atoms with Gasteiger partial charge < -0.3 is 5.11 Å². The molecule has 100 valence electrons. The highest BCUT2D eigenvalue weighted by Gasteiger charge is 2.27. The van der Waals surface area contributed by atoms with Crippen molar-refractivity contribution in [3.8, 4) is 5.75 Å². The fraction of sp³-hybridized carbons (Fsp3) is 0.625. The van der Waals surface area contributed by atoms with Crippen molar-refractivity contribution in [3.05, 3.63) is 29.3 Å². The normalized spacial score (nSPS) is 20.1. The number of aryl methyl sites for hydroxylation is 1. The van der Waals surface area contributed by atoms with Gasteiger partial charge in [0.15, 0.2) is 0 Å². The molecule has 1 aliphatic rings. The summed E-state index contributed by atoms with van der Waals surface area (Å²) < 4.78 is 0. The van der Waals surface area contributed by atoms with Crippen LogP contribution in [-0.2, 0) is 6.42 Å². The predicted molar refractivity (Wildman–Crippen MR) is 75.9 cm³/mol. The first-order valence-electron chi connectivity index (χ1n) is 7.21. The maximum atomic E-state index is 9.55. The third-order valence-electron chi connectivity index (χ3n) is 4.26. The summed E-state index contributed by atoms with van der Waals surface area (Å²) in [6.07, 6.45) is 3.54. The van der Waals surface area contributed by atoms with Crippen LogP contribution in [0.2, 0.25) is 0 Å². The van der Waals surface area contributed by atoms with Gasteiger partial charge in [-0.25, -0.2) is 0 Å². The molecule has 0 amide bonds. The topological polar surface area (TPSA) is 23.5 Å². The zero-order chi connectivity index (χ0) is 13.1. The Balaban J connectivity index is 2.15. The minimum atomic E-state index is 0.402. The molecule has 0 spiro atoms. The Bertz CT molecular complexity index is 402. The number of hydrogen-bond donors (Lipinski definition) is 1. The molecule has 1 aromatic rings. The highest BCUT2D eigenvalue weighted by atomic mass is 16.3. The van der Waals surface area contributed by atoms with E-state index >= 15 is 0 Å². The third kappa shape index (κ3) is 2.69. The molecule has 2 unspecified atom stereocenters. The van der Waals surface area contributed by atoms with E-state index in [0.717, 1.165) is 18.9 Å². The van der Waals surface area contributed by atoms with Crippen molar-refractivity contribution in [2.45, 2.75) is 46.1 Å². The van der Waals surface area contributed by atoms with Gasteiger partial charge in [0.05, 0.1) is 0 Å². The number of phenolic OH excluding ortho intramolecular Hbond substituents is 1. The molecule has 0 heterocycles. The van der Waals surface area contributed by atoms with Crippen molar-refractivity contribution in [1.82, 2.24) is 4.90 Å². The molecule has 0 bridgehead atoms. The van der Waals surface area contributed by atoms with Crippen LogP contribution in [0.25, 0.3) is 0 Å². The molecular weight excluding hydrogens is 222 g/mol. The zero-order valence-electron chi connectivity index (χ0n) is 11.8. The van der Waals surface area contributed by atoms with Crippen LogP contribution in [0.4, 0.5) is 0 Å². The van der Waals surface area contributed by atoms with E-state index in [2.05, 4.69) is 31.7 Å². The summed E-state index contributed by atoms with van der Waals surface area (Å²) in [6.45, 7) is 9.13. The molecule has 0 fully saturated rings. The Labute approximate surface area is 111 Å². The standard InChI is InChI=1S/C16H25NO/c1-4-12(3)11-17(5-2)16-9-6-13-10-14(18)7-8-15(13)16/h7-8,10,12,16,18H,4-6,9,11H2,1-3H3. The second kappa shape index (κ2) is 5.75. The summed E-state index contributed by atoms with van der Waals surface area (Å²) in [5.74, 6) is 1.16. The lowest BCUT2D eigenvalue weighted by Gasteiger charge is -2.30. The monoisotopic (exact) mass is 247 g/mol. The van der Waals surface area contributed by atoms with Crippen molar-refractivity contribution < 1.29 is 5.11 Å². The lowest BCUT2D eigenvalue weighted by molar-refractivity contribution is 0.178. The van der Waals surface area contributed by atoms with Crippen molar-refractivity contribution in [2.24, 2.45) is 5.92 Å².